The van der Waals surface area contributed by atoms with Gasteiger partial charge < -0.3 is 29.4 Å². The average molecular weight is 482 g/mol. The topological polar surface area (TPSA) is 75.8 Å². The van der Waals surface area contributed by atoms with Gasteiger partial charge in [0, 0.05) is 30.3 Å². The Hall–Kier alpha value is -3.10. The van der Waals surface area contributed by atoms with Gasteiger partial charge in [-0.2, -0.15) is 0 Å². The van der Waals surface area contributed by atoms with Crippen LogP contribution in [0.4, 0.5) is 5.69 Å². The van der Waals surface area contributed by atoms with E-state index in [4.69, 9.17) is 26.4 Å². The second kappa shape index (κ2) is 10.4. The number of nitrogens with one attached hydrogen (secondary N) is 2. The molecule has 0 amide bonds. The number of aromatic nitrogens is 1. The number of rotatable bonds is 7. The van der Waals surface area contributed by atoms with Gasteiger partial charge in [0.2, 0.25) is 0 Å². The maximum Gasteiger partial charge on any atom is 0.253 e. The van der Waals surface area contributed by atoms with Crippen molar-refractivity contribution < 1.29 is 14.2 Å². The molecule has 2 aromatic carbocycles. The normalized spacial score (nSPS) is 15.4. The molecule has 1 fully saturated rings. The van der Waals surface area contributed by atoms with Crippen LogP contribution >= 0.6 is 12.2 Å². The summed E-state index contributed by atoms with van der Waals surface area (Å²) in [4.78, 5) is 18.0. The van der Waals surface area contributed by atoms with Crippen LogP contribution in [0.1, 0.15) is 29.5 Å². The predicted octanol–water partition coefficient (Wildman–Crippen LogP) is 4.54. The van der Waals surface area contributed by atoms with Gasteiger partial charge in [-0.15, -0.1) is 0 Å². The number of methoxy groups -OCH3 is 2. The summed E-state index contributed by atoms with van der Waals surface area (Å²) in [7, 11) is 3.21. The van der Waals surface area contributed by atoms with Crippen molar-refractivity contribution in [3.63, 3.8) is 0 Å². The van der Waals surface area contributed by atoms with Crippen LogP contribution in [-0.4, -0.2) is 48.5 Å². The Labute approximate surface area is 205 Å². The summed E-state index contributed by atoms with van der Waals surface area (Å²) >= 11 is 5.80. The second-order valence-electron chi connectivity index (χ2n) is 8.66. The van der Waals surface area contributed by atoms with Gasteiger partial charge >= 0.3 is 0 Å². The molecule has 0 spiro atoms. The average Bonchev–Trinajstić information content (AvgIpc) is 3.34. The van der Waals surface area contributed by atoms with E-state index in [-0.39, 0.29) is 11.7 Å². The van der Waals surface area contributed by atoms with Crippen molar-refractivity contribution in [1.29, 1.82) is 0 Å². The fourth-order valence-electron chi connectivity index (χ4n) is 4.19. The highest BCUT2D eigenvalue weighted by Gasteiger charge is 2.23. The van der Waals surface area contributed by atoms with Crippen molar-refractivity contribution in [2.45, 2.75) is 39.3 Å². The highest BCUT2D eigenvalue weighted by Crippen LogP contribution is 2.29. The van der Waals surface area contributed by atoms with E-state index >= 15 is 0 Å². The lowest BCUT2D eigenvalue weighted by Gasteiger charge is -2.28. The fraction of sp³-hybridized carbons (Fsp3) is 0.385. The maximum atomic E-state index is 12.9. The first-order valence-corrected chi connectivity index (χ1v) is 11.8. The third-order valence-corrected chi connectivity index (χ3v) is 6.64. The number of aromatic amines is 1. The Morgan fingerprint density at radius 2 is 1.97 bits per heavy atom. The van der Waals surface area contributed by atoms with E-state index in [2.05, 4.69) is 23.3 Å². The molecule has 4 rings (SSSR count). The maximum absolute atomic E-state index is 12.9. The third-order valence-electron chi connectivity index (χ3n) is 6.28. The van der Waals surface area contributed by atoms with Gasteiger partial charge in [-0.05, 0) is 85.8 Å². The van der Waals surface area contributed by atoms with Gasteiger partial charge in [0.15, 0.2) is 5.11 Å². The molecule has 1 aromatic heterocycles. The van der Waals surface area contributed by atoms with E-state index in [1.165, 1.54) is 5.56 Å². The van der Waals surface area contributed by atoms with E-state index in [1.807, 2.05) is 36.1 Å². The van der Waals surface area contributed by atoms with Crippen LogP contribution in [0, 0.1) is 13.8 Å². The number of hydrogen-bond donors (Lipinski definition) is 2. The minimum Gasteiger partial charge on any atom is -0.497 e. The van der Waals surface area contributed by atoms with Gasteiger partial charge in [0.25, 0.3) is 5.56 Å². The first kappa shape index (κ1) is 24.0. The smallest absolute Gasteiger partial charge is 0.253 e. The summed E-state index contributed by atoms with van der Waals surface area (Å²) < 4.78 is 16.7. The van der Waals surface area contributed by atoms with Crippen LogP contribution in [0.3, 0.4) is 0 Å². The molecule has 1 aliphatic heterocycles. The van der Waals surface area contributed by atoms with Gasteiger partial charge in [-0.25, -0.2) is 0 Å². The molecule has 7 nitrogen and oxygen atoms in total. The quantitative estimate of drug-likeness (QED) is 0.480. The molecular weight excluding hydrogens is 450 g/mol. The monoisotopic (exact) mass is 481 g/mol. The lowest BCUT2D eigenvalue weighted by Crippen LogP contribution is -2.40. The van der Waals surface area contributed by atoms with Crippen molar-refractivity contribution in [1.82, 2.24) is 9.88 Å². The molecular formula is C26H31N3O4S. The molecule has 0 saturated carbocycles. The predicted molar refractivity (Wildman–Crippen MR) is 139 cm³/mol. The van der Waals surface area contributed by atoms with Crippen molar-refractivity contribution in [3.05, 3.63) is 63.4 Å². The zero-order chi connectivity index (χ0) is 24.2. The molecule has 34 heavy (non-hydrogen) atoms. The SMILES string of the molecule is COc1ccc(NC(=S)N(Cc2cc3cc(C)c(C)cc3[nH]c2=O)CC2CCCO2)c(OC)c1. The first-order valence-electron chi connectivity index (χ1n) is 11.4. The molecule has 3 aromatic rings. The van der Waals surface area contributed by atoms with Crippen LogP contribution in [0.15, 0.2) is 41.2 Å². The van der Waals surface area contributed by atoms with Crippen LogP contribution in [0.25, 0.3) is 10.9 Å². The molecule has 180 valence electrons. The molecule has 1 aliphatic rings. The number of benzene rings is 2. The van der Waals surface area contributed by atoms with E-state index in [9.17, 15) is 4.79 Å². The van der Waals surface area contributed by atoms with Crippen molar-refractivity contribution in [3.8, 4) is 11.5 Å². The zero-order valence-electron chi connectivity index (χ0n) is 20.1. The van der Waals surface area contributed by atoms with Gasteiger partial charge in [-0.3, -0.25) is 4.79 Å². The van der Waals surface area contributed by atoms with E-state index < -0.39 is 0 Å². The van der Waals surface area contributed by atoms with Gasteiger partial charge in [0.1, 0.15) is 11.5 Å². The number of ether oxygens (including phenoxy) is 3. The van der Waals surface area contributed by atoms with Crippen molar-refractivity contribution in [2.75, 3.05) is 32.7 Å². The number of fused-ring (bicyclic) bond motifs is 1. The standard InChI is InChI=1S/C26H31N3O4S/c1-16-10-18-12-19(25(30)27-23(18)11-17(16)2)14-29(15-21-6-5-9-33-21)26(34)28-22-8-7-20(31-3)13-24(22)32-4/h7-8,10-13,21H,5-6,9,14-15H2,1-4H3,(H,27,30)(H,28,34). The Bertz CT molecular complexity index is 1250. The first-order chi connectivity index (χ1) is 16.4. The molecule has 2 heterocycles. The molecule has 1 unspecified atom stereocenters. The van der Waals surface area contributed by atoms with Crippen LogP contribution < -0.4 is 20.3 Å². The van der Waals surface area contributed by atoms with Crippen molar-refractivity contribution >= 4 is 33.9 Å². The van der Waals surface area contributed by atoms with E-state index in [0.29, 0.717) is 35.3 Å². The summed E-state index contributed by atoms with van der Waals surface area (Å²) in [5.74, 6) is 1.31. The molecule has 8 heteroatoms. The highest BCUT2D eigenvalue weighted by atomic mass is 32.1. The Morgan fingerprint density at radius 1 is 1.18 bits per heavy atom. The van der Waals surface area contributed by atoms with Crippen LogP contribution in [0.2, 0.25) is 0 Å². The van der Waals surface area contributed by atoms with Crippen LogP contribution in [-0.2, 0) is 11.3 Å². The van der Waals surface area contributed by atoms with Crippen molar-refractivity contribution in [2.24, 2.45) is 0 Å². The Balaban J connectivity index is 1.62. The van der Waals surface area contributed by atoms with Gasteiger partial charge in [-0.1, -0.05) is 0 Å². The molecule has 1 atom stereocenters. The zero-order valence-corrected chi connectivity index (χ0v) is 20.9. The summed E-state index contributed by atoms with van der Waals surface area (Å²) in [5, 5.41) is 4.79. The summed E-state index contributed by atoms with van der Waals surface area (Å²) in [6.45, 7) is 5.82. The Morgan fingerprint density at radius 3 is 2.68 bits per heavy atom. The minimum absolute atomic E-state index is 0.0712. The number of hydrogen-bond acceptors (Lipinski definition) is 5. The minimum atomic E-state index is -0.113. The number of anilines is 1. The number of H-pyrrole nitrogens is 1. The summed E-state index contributed by atoms with van der Waals surface area (Å²) in [5.41, 5.74) is 4.44. The van der Waals surface area contributed by atoms with Gasteiger partial charge in [0.05, 0.1) is 32.6 Å². The third kappa shape index (κ3) is 5.34. The summed E-state index contributed by atoms with van der Waals surface area (Å²) in [6, 6.07) is 11.6. The molecule has 1 saturated heterocycles. The largest absolute Gasteiger partial charge is 0.497 e. The van der Waals surface area contributed by atoms with Crippen LogP contribution in [0.5, 0.6) is 11.5 Å². The lowest BCUT2D eigenvalue weighted by molar-refractivity contribution is 0.0904. The lowest BCUT2D eigenvalue weighted by atomic mass is 10.0. The van der Waals surface area contributed by atoms with E-state index in [0.717, 1.165) is 41.6 Å². The number of nitrogens with zero attached hydrogens (tertiary/aromatic N) is 1. The molecule has 0 radical (unpaired) electrons. The Kier molecular flexibility index (Phi) is 7.38. The molecule has 2 N–H and O–H groups in total. The molecule has 0 aliphatic carbocycles. The number of thiocarbonyl (C=S) groups is 1. The number of pyridine rings is 1. The number of aryl methyl sites for hydroxylation is 2. The fourth-order valence-corrected chi connectivity index (χ4v) is 4.44. The molecule has 0 bridgehead atoms. The van der Waals surface area contributed by atoms with E-state index in [1.54, 1.807) is 20.3 Å². The highest BCUT2D eigenvalue weighted by molar-refractivity contribution is 7.80. The second-order valence-corrected chi connectivity index (χ2v) is 9.05. The summed E-state index contributed by atoms with van der Waals surface area (Å²) in [6.07, 6.45) is 2.07.